The fourth-order valence-electron chi connectivity index (χ4n) is 0.220. The molecule has 0 fully saturated rings. The minimum Gasteiger partial charge on any atom is -0.468 e. The van der Waals surface area contributed by atoms with Crippen molar-refractivity contribution in [2.45, 2.75) is 0 Å². The highest BCUT2D eigenvalue weighted by atomic mass is 16.5. The Bertz CT molecular complexity index is 128. The SMILES string of the molecule is COC(=O)CN=C(N)N. The summed E-state index contributed by atoms with van der Waals surface area (Å²) in [7, 11) is 1.27. The maximum absolute atomic E-state index is 10.3. The van der Waals surface area contributed by atoms with Gasteiger partial charge in [-0.25, -0.2) is 4.99 Å². The van der Waals surface area contributed by atoms with Crippen LogP contribution in [-0.4, -0.2) is 25.6 Å². The van der Waals surface area contributed by atoms with Gasteiger partial charge in [-0.15, -0.1) is 0 Å². The number of nitrogens with zero attached hydrogens (tertiary/aromatic N) is 1. The van der Waals surface area contributed by atoms with Crippen molar-refractivity contribution < 1.29 is 9.53 Å². The molecule has 0 aromatic heterocycles. The molecule has 0 aliphatic carbocycles. The molecule has 4 N–H and O–H groups in total. The fraction of sp³-hybridized carbons (Fsp3) is 0.500. The van der Waals surface area contributed by atoms with Gasteiger partial charge in [-0.05, 0) is 0 Å². The van der Waals surface area contributed by atoms with Crippen molar-refractivity contribution in [3.8, 4) is 0 Å². The van der Waals surface area contributed by atoms with Gasteiger partial charge in [0.05, 0.1) is 7.11 Å². The number of methoxy groups -OCH3 is 1. The Morgan fingerprint density at radius 3 is 2.56 bits per heavy atom. The Labute approximate surface area is 52.7 Å². The van der Waals surface area contributed by atoms with E-state index in [2.05, 4.69) is 9.73 Å². The lowest BCUT2D eigenvalue weighted by molar-refractivity contribution is -0.138. The monoisotopic (exact) mass is 131 g/mol. The number of esters is 1. The largest absolute Gasteiger partial charge is 0.468 e. The summed E-state index contributed by atoms with van der Waals surface area (Å²) in [4.78, 5) is 13.7. The average molecular weight is 131 g/mol. The van der Waals surface area contributed by atoms with Gasteiger partial charge in [0, 0.05) is 0 Å². The highest BCUT2D eigenvalue weighted by Crippen LogP contribution is 1.73. The van der Waals surface area contributed by atoms with Gasteiger partial charge in [-0.1, -0.05) is 0 Å². The number of hydrogen-bond acceptors (Lipinski definition) is 3. The predicted molar refractivity (Wildman–Crippen MR) is 32.7 cm³/mol. The lowest BCUT2D eigenvalue weighted by Gasteiger charge is -1.92. The van der Waals surface area contributed by atoms with Crippen LogP contribution in [0.25, 0.3) is 0 Å². The van der Waals surface area contributed by atoms with Gasteiger partial charge in [0.1, 0.15) is 6.54 Å². The maximum Gasteiger partial charge on any atom is 0.327 e. The molecule has 0 amide bonds. The molecule has 0 atom stereocenters. The number of guanidine groups is 1. The first kappa shape index (κ1) is 7.74. The quantitative estimate of drug-likeness (QED) is 0.269. The van der Waals surface area contributed by atoms with E-state index in [1.165, 1.54) is 7.11 Å². The van der Waals surface area contributed by atoms with E-state index in [4.69, 9.17) is 11.5 Å². The molecule has 0 saturated heterocycles. The predicted octanol–water partition coefficient (Wildman–Crippen LogP) is -1.57. The van der Waals surface area contributed by atoms with E-state index in [0.29, 0.717) is 0 Å². The first-order valence-corrected chi connectivity index (χ1v) is 2.29. The molecule has 0 aromatic carbocycles. The van der Waals surface area contributed by atoms with Crippen molar-refractivity contribution in [1.29, 1.82) is 0 Å². The molecule has 0 heterocycles. The van der Waals surface area contributed by atoms with E-state index >= 15 is 0 Å². The molecule has 0 radical (unpaired) electrons. The summed E-state index contributed by atoms with van der Waals surface area (Å²) >= 11 is 0. The molecule has 0 rings (SSSR count). The zero-order valence-electron chi connectivity index (χ0n) is 5.13. The zero-order chi connectivity index (χ0) is 7.28. The molecule has 0 saturated carbocycles. The van der Waals surface area contributed by atoms with E-state index < -0.39 is 5.97 Å². The summed E-state index contributed by atoms with van der Waals surface area (Å²) in [6.45, 7) is -0.112. The minimum absolute atomic E-state index is 0.111. The number of hydrogen-bond donors (Lipinski definition) is 2. The van der Waals surface area contributed by atoms with Crippen molar-refractivity contribution in [3.05, 3.63) is 0 Å². The summed E-state index contributed by atoms with van der Waals surface area (Å²) in [5, 5.41) is 0. The van der Waals surface area contributed by atoms with E-state index in [1.807, 2.05) is 0 Å². The van der Waals surface area contributed by atoms with Crippen molar-refractivity contribution >= 4 is 11.9 Å². The molecule has 0 unspecified atom stereocenters. The van der Waals surface area contributed by atoms with Crippen LogP contribution in [0.3, 0.4) is 0 Å². The topological polar surface area (TPSA) is 90.7 Å². The van der Waals surface area contributed by atoms with Crippen molar-refractivity contribution in [1.82, 2.24) is 0 Å². The van der Waals surface area contributed by atoms with Crippen LogP contribution in [0.2, 0.25) is 0 Å². The average Bonchev–Trinajstić information content (AvgIpc) is 1.83. The standard InChI is InChI=1S/C4H9N3O2/c1-9-3(8)2-7-4(5)6/h2H2,1H3,(H4,5,6,7). The molecular weight excluding hydrogens is 122 g/mol. The van der Waals surface area contributed by atoms with Crippen molar-refractivity contribution in [2.24, 2.45) is 16.5 Å². The number of carbonyl (C=O) groups is 1. The number of nitrogens with two attached hydrogens (primary N) is 2. The number of rotatable bonds is 2. The first-order valence-electron chi connectivity index (χ1n) is 2.29. The Kier molecular flexibility index (Phi) is 3.19. The molecule has 9 heavy (non-hydrogen) atoms. The molecular formula is C4H9N3O2. The van der Waals surface area contributed by atoms with Gasteiger partial charge < -0.3 is 16.2 Å². The van der Waals surface area contributed by atoms with Crippen LogP contribution >= 0.6 is 0 Å². The minimum atomic E-state index is -0.455. The highest BCUT2D eigenvalue weighted by Gasteiger charge is 1.94. The Balaban J connectivity index is 3.50. The Hall–Kier alpha value is -1.26. The summed E-state index contributed by atoms with van der Waals surface area (Å²) in [5.74, 6) is -0.566. The van der Waals surface area contributed by atoms with Gasteiger partial charge in [0.2, 0.25) is 0 Å². The van der Waals surface area contributed by atoms with E-state index in [1.54, 1.807) is 0 Å². The highest BCUT2D eigenvalue weighted by molar-refractivity contribution is 5.80. The first-order chi connectivity index (χ1) is 4.16. The summed E-state index contributed by atoms with van der Waals surface area (Å²) < 4.78 is 4.24. The molecule has 0 aliphatic rings. The van der Waals surface area contributed by atoms with Crippen LogP contribution in [0.4, 0.5) is 0 Å². The van der Waals surface area contributed by atoms with Crippen LogP contribution in [0.15, 0.2) is 4.99 Å². The third-order valence-corrected chi connectivity index (χ3v) is 0.618. The van der Waals surface area contributed by atoms with Crippen molar-refractivity contribution in [2.75, 3.05) is 13.7 Å². The third kappa shape index (κ3) is 4.60. The van der Waals surface area contributed by atoms with Crippen LogP contribution in [0.1, 0.15) is 0 Å². The molecule has 0 aromatic rings. The van der Waals surface area contributed by atoms with Crippen LogP contribution in [-0.2, 0) is 9.53 Å². The number of ether oxygens (including phenoxy) is 1. The third-order valence-electron chi connectivity index (χ3n) is 0.618. The van der Waals surface area contributed by atoms with E-state index in [0.717, 1.165) is 0 Å². The van der Waals surface area contributed by atoms with Gasteiger partial charge in [-0.2, -0.15) is 0 Å². The zero-order valence-corrected chi connectivity index (χ0v) is 5.13. The van der Waals surface area contributed by atoms with Crippen molar-refractivity contribution in [3.63, 3.8) is 0 Å². The second-order valence-electron chi connectivity index (χ2n) is 1.32. The number of carbonyl (C=O) groups excluding carboxylic acids is 1. The normalized spacial score (nSPS) is 8.11. The van der Waals surface area contributed by atoms with Crippen LogP contribution in [0, 0.1) is 0 Å². The summed E-state index contributed by atoms with van der Waals surface area (Å²) in [6.07, 6.45) is 0. The second-order valence-corrected chi connectivity index (χ2v) is 1.32. The van der Waals surface area contributed by atoms with E-state index in [-0.39, 0.29) is 12.5 Å². The number of aliphatic imine (C=N–C) groups is 1. The van der Waals surface area contributed by atoms with Crippen LogP contribution in [0.5, 0.6) is 0 Å². The van der Waals surface area contributed by atoms with Gasteiger partial charge in [0.15, 0.2) is 5.96 Å². The molecule has 0 spiro atoms. The molecule has 0 bridgehead atoms. The molecule has 52 valence electrons. The van der Waals surface area contributed by atoms with Gasteiger partial charge in [-0.3, -0.25) is 4.79 Å². The Morgan fingerprint density at radius 1 is 1.67 bits per heavy atom. The Morgan fingerprint density at radius 2 is 2.22 bits per heavy atom. The van der Waals surface area contributed by atoms with Gasteiger partial charge in [0.25, 0.3) is 0 Å². The molecule has 0 aliphatic heterocycles. The van der Waals surface area contributed by atoms with Crippen LogP contribution < -0.4 is 11.5 Å². The summed E-state index contributed by atoms with van der Waals surface area (Å²) in [6, 6.07) is 0. The lowest BCUT2D eigenvalue weighted by Crippen LogP contribution is -2.24. The molecule has 5 nitrogen and oxygen atoms in total. The lowest BCUT2D eigenvalue weighted by atomic mass is 10.7. The van der Waals surface area contributed by atoms with Gasteiger partial charge >= 0.3 is 5.97 Å². The fourth-order valence-corrected chi connectivity index (χ4v) is 0.220. The molecule has 5 heteroatoms. The maximum atomic E-state index is 10.3. The van der Waals surface area contributed by atoms with E-state index in [9.17, 15) is 4.79 Å². The smallest absolute Gasteiger partial charge is 0.327 e. The summed E-state index contributed by atoms with van der Waals surface area (Å²) in [5.41, 5.74) is 9.83. The second kappa shape index (κ2) is 3.71.